The maximum Gasteiger partial charge on any atom is 0.272 e. The van der Waals surface area contributed by atoms with E-state index in [-0.39, 0.29) is 5.91 Å². The molecule has 0 spiro atoms. The Morgan fingerprint density at radius 1 is 0.970 bits per heavy atom. The molecule has 4 rings (SSSR count). The second-order valence-electron chi connectivity index (χ2n) is 7.72. The molecule has 1 amide bonds. The van der Waals surface area contributed by atoms with Crippen LogP contribution in [0.25, 0.3) is 16.9 Å². The first-order chi connectivity index (χ1) is 15.9. The van der Waals surface area contributed by atoms with E-state index in [1.807, 2.05) is 17.0 Å². The number of hydrogen-bond acceptors (Lipinski definition) is 5. The molecule has 3 aromatic rings. The van der Waals surface area contributed by atoms with Crippen molar-refractivity contribution in [1.82, 2.24) is 19.6 Å². The average molecular weight is 489 g/mol. The third-order valence-corrected chi connectivity index (χ3v) is 6.61. The van der Waals surface area contributed by atoms with E-state index in [1.165, 1.54) is 0 Å². The van der Waals surface area contributed by atoms with Crippen LogP contribution in [0.2, 0.25) is 10.0 Å². The Morgan fingerprint density at radius 2 is 1.73 bits per heavy atom. The van der Waals surface area contributed by atoms with E-state index in [2.05, 4.69) is 11.8 Å². The zero-order valence-electron chi connectivity index (χ0n) is 18.8. The minimum atomic E-state index is -0.0805. The van der Waals surface area contributed by atoms with Gasteiger partial charge >= 0.3 is 0 Å². The molecule has 0 atom stereocenters. The fraction of sp³-hybridized carbons (Fsp3) is 0.333. The van der Waals surface area contributed by atoms with Crippen molar-refractivity contribution in [2.45, 2.75) is 6.92 Å². The van der Waals surface area contributed by atoms with Gasteiger partial charge in [0.05, 0.1) is 35.6 Å². The zero-order chi connectivity index (χ0) is 23.5. The van der Waals surface area contributed by atoms with Gasteiger partial charge in [-0.3, -0.25) is 4.79 Å². The normalized spacial score (nSPS) is 14.4. The minimum Gasteiger partial charge on any atom is -0.497 e. The lowest BCUT2D eigenvalue weighted by Crippen LogP contribution is -2.48. The minimum absolute atomic E-state index is 0.0805. The number of benzene rings is 2. The molecule has 0 aliphatic carbocycles. The van der Waals surface area contributed by atoms with Gasteiger partial charge < -0.3 is 19.3 Å². The first kappa shape index (κ1) is 23.4. The van der Waals surface area contributed by atoms with Crippen LogP contribution in [0.15, 0.2) is 42.5 Å². The highest BCUT2D eigenvalue weighted by atomic mass is 35.5. The highest BCUT2D eigenvalue weighted by molar-refractivity contribution is 6.42. The zero-order valence-corrected chi connectivity index (χ0v) is 20.4. The molecular weight excluding hydrogens is 463 g/mol. The van der Waals surface area contributed by atoms with E-state index in [9.17, 15) is 4.79 Å². The van der Waals surface area contributed by atoms with Gasteiger partial charge in [0, 0.05) is 37.8 Å². The van der Waals surface area contributed by atoms with Crippen LogP contribution in [0.4, 0.5) is 0 Å². The topological polar surface area (TPSA) is 59.8 Å². The Bertz CT molecular complexity index is 1160. The van der Waals surface area contributed by atoms with E-state index in [0.717, 1.165) is 25.2 Å². The highest BCUT2D eigenvalue weighted by Crippen LogP contribution is 2.34. The number of hydrogen-bond donors (Lipinski definition) is 0. The van der Waals surface area contributed by atoms with Gasteiger partial charge in [-0.1, -0.05) is 30.1 Å². The van der Waals surface area contributed by atoms with E-state index in [0.29, 0.717) is 51.7 Å². The molecule has 0 unspecified atom stereocenters. The molecule has 2 aromatic carbocycles. The molecule has 0 bridgehead atoms. The predicted octanol–water partition coefficient (Wildman–Crippen LogP) is 4.64. The number of carbonyl (C=O) groups is 1. The summed E-state index contributed by atoms with van der Waals surface area (Å²) in [5.74, 6) is 1.19. The first-order valence-electron chi connectivity index (χ1n) is 10.7. The average Bonchev–Trinajstić information content (AvgIpc) is 3.30. The summed E-state index contributed by atoms with van der Waals surface area (Å²) in [6.07, 6.45) is 0. The van der Waals surface area contributed by atoms with Crippen LogP contribution in [0.3, 0.4) is 0 Å². The van der Waals surface area contributed by atoms with Crippen LogP contribution in [0.1, 0.15) is 17.4 Å². The van der Waals surface area contributed by atoms with Crippen molar-refractivity contribution in [3.05, 3.63) is 58.2 Å². The number of methoxy groups -OCH3 is 2. The van der Waals surface area contributed by atoms with Crippen LogP contribution in [-0.4, -0.2) is 72.4 Å². The third-order valence-electron chi connectivity index (χ3n) is 5.87. The number of nitrogens with zero attached hydrogens (tertiary/aromatic N) is 4. The Hall–Kier alpha value is -2.74. The molecule has 1 saturated heterocycles. The van der Waals surface area contributed by atoms with Crippen molar-refractivity contribution in [3.8, 4) is 28.4 Å². The van der Waals surface area contributed by atoms with Gasteiger partial charge in [0.2, 0.25) is 0 Å². The third kappa shape index (κ3) is 4.81. The van der Waals surface area contributed by atoms with Gasteiger partial charge in [-0.05, 0) is 42.9 Å². The number of ether oxygens (including phenoxy) is 2. The molecule has 0 saturated carbocycles. The Morgan fingerprint density at radius 3 is 2.36 bits per heavy atom. The van der Waals surface area contributed by atoms with Crippen LogP contribution in [0.5, 0.6) is 11.5 Å². The van der Waals surface area contributed by atoms with Gasteiger partial charge in [0.15, 0.2) is 0 Å². The van der Waals surface area contributed by atoms with Crippen LogP contribution < -0.4 is 9.47 Å². The molecule has 0 radical (unpaired) electrons. The highest BCUT2D eigenvalue weighted by Gasteiger charge is 2.26. The van der Waals surface area contributed by atoms with Crippen LogP contribution in [-0.2, 0) is 0 Å². The molecule has 2 heterocycles. The van der Waals surface area contributed by atoms with Crippen LogP contribution in [0, 0.1) is 0 Å². The Labute approximate surface area is 203 Å². The SMILES string of the molecule is CCN1CCN(C(=O)c2cc(-c3ccc(OC)cc3OC)nn2-c2ccc(Cl)c(Cl)c2)CC1. The van der Waals surface area contributed by atoms with Gasteiger partial charge in [0.25, 0.3) is 5.91 Å². The summed E-state index contributed by atoms with van der Waals surface area (Å²) in [5, 5.41) is 5.60. The van der Waals surface area contributed by atoms with Gasteiger partial charge in [-0.25, -0.2) is 4.68 Å². The predicted molar refractivity (Wildman–Crippen MR) is 130 cm³/mol. The van der Waals surface area contributed by atoms with Gasteiger partial charge in [0.1, 0.15) is 17.2 Å². The monoisotopic (exact) mass is 488 g/mol. The summed E-state index contributed by atoms with van der Waals surface area (Å²) in [6, 6.07) is 12.5. The second-order valence-corrected chi connectivity index (χ2v) is 8.53. The molecule has 7 nitrogen and oxygen atoms in total. The molecule has 9 heteroatoms. The number of rotatable bonds is 6. The molecule has 33 heavy (non-hydrogen) atoms. The maximum absolute atomic E-state index is 13.6. The van der Waals surface area contributed by atoms with E-state index in [4.69, 9.17) is 37.8 Å². The molecule has 1 fully saturated rings. The van der Waals surface area contributed by atoms with Crippen molar-refractivity contribution >= 4 is 29.1 Å². The van der Waals surface area contributed by atoms with Crippen molar-refractivity contribution < 1.29 is 14.3 Å². The Balaban J connectivity index is 1.79. The number of likely N-dealkylation sites (N-methyl/N-ethyl adjacent to an activating group) is 1. The molecule has 1 aromatic heterocycles. The quantitative estimate of drug-likeness (QED) is 0.505. The Kier molecular flexibility index (Phi) is 7.12. The number of aromatic nitrogens is 2. The maximum atomic E-state index is 13.6. The summed E-state index contributed by atoms with van der Waals surface area (Å²) in [5.41, 5.74) is 2.46. The largest absolute Gasteiger partial charge is 0.497 e. The lowest BCUT2D eigenvalue weighted by Gasteiger charge is -2.34. The standard InChI is InChI=1S/C24H26Cl2N4O3/c1-4-28-9-11-29(12-10-28)24(31)22-15-21(18-7-6-17(32-2)14-23(18)33-3)27-30(22)16-5-8-19(25)20(26)13-16/h5-8,13-15H,4,9-12H2,1-3H3. The van der Waals surface area contributed by atoms with Crippen molar-refractivity contribution in [2.75, 3.05) is 46.9 Å². The number of piperazine rings is 1. The first-order valence-corrected chi connectivity index (χ1v) is 11.5. The second kappa shape index (κ2) is 10.0. The number of amides is 1. The summed E-state index contributed by atoms with van der Waals surface area (Å²) >= 11 is 12.4. The smallest absolute Gasteiger partial charge is 0.272 e. The summed E-state index contributed by atoms with van der Waals surface area (Å²) in [4.78, 5) is 17.8. The van der Waals surface area contributed by atoms with E-state index in [1.54, 1.807) is 49.2 Å². The fourth-order valence-electron chi connectivity index (χ4n) is 3.92. The van der Waals surface area contributed by atoms with E-state index < -0.39 is 0 Å². The lowest BCUT2D eigenvalue weighted by atomic mass is 10.1. The molecule has 1 aliphatic rings. The van der Waals surface area contributed by atoms with Crippen molar-refractivity contribution in [1.29, 1.82) is 0 Å². The van der Waals surface area contributed by atoms with Crippen LogP contribution >= 0.6 is 23.2 Å². The summed E-state index contributed by atoms with van der Waals surface area (Å²) in [6.45, 7) is 6.14. The van der Waals surface area contributed by atoms with Gasteiger partial charge in [-0.15, -0.1) is 0 Å². The fourth-order valence-corrected chi connectivity index (χ4v) is 4.21. The molecular formula is C24H26Cl2N4O3. The molecule has 174 valence electrons. The van der Waals surface area contributed by atoms with Gasteiger partial charge in [-0.2, -0.15) is 5.10 Å². The number of carbonyl (C=O) groups excluding carboxylic acids is 1. The van der Waals surface area contributed by atoms with Crippen molar-refractivity contribution in [2.24, 2.45) is 0 Å². The summed E-state index contributed by atoms with van der Waals surface area (Å²) < 4.78 is 12.5. The lowest BCUT2D eigenvalue weighted by molar-refractivity contribution is 0.0634. The van der Waals surface area contributed by atoms with Crippen molar-refractivity contribution in [3.63, 3.8) is 0 Å². The molecule has 1 aliphatic heterocycles. The number of halogens is 2. The molecule has 0 N–H and O–H groups in total. The van der Waals surface area contributed by atoms with E-state index >= 15 is 0 Å². The summed E-state index contributed by atoms with van der Waals surface area (Å²) in [7, 11) is 3.19.